The number of para-hydroxylation sites is 1. The summed E-state index contributed by atoms with van der Waals surface area (Å²) in [5.41, 5.74) is 1.90. The molecule has 0 aliphatic heterocycles. The third-order valence-corrected chi connectivity index (χ3v) is 5.32. The molecule has 8 nitrogen and oxygen atoms in total. The third-order valence-electron chi connectivity index (χ3n) is 4.05. The Labute approximate surface area is 181 Å². The van der Waals surface area contributed by atoms with Crippen molar-refractivity contribution in [2.75, 3.05) is 16.4 Å². The zero-order valence-corrected chi connectivity index (χ0v) is 17.7. The quantitative estimate of drug-likeness (QED) is 0.502. The van der Waals surface area contributed by atoms with Gasteiger partial charge in [0.25, 0.3) is 5.56 Å². The van der Waals surface area contributed by atoms with Crippen molar-refractivity contribution in [2.45, 2.75) is 19.0 Å². The number of aromatic amines is 1. The Kier molecular flexibility index (Phi) is 6.86. The Hall–Kier alpha value is -3.17. The van der Waals surface area contributed by atoms with Gasteiger partial charge in [-0.05, 0) is 30.7 Å². The van der Waals surface area contributed by atoms with Gasteiger partial charge in [-0.2, -0.15) is 0 Å². The molecule has 3 aromatic rings. The molecular formula is C20H18ClN5O3S. The van der Waals surface area contributed by atoms with Crippen LogP contribution in [0.15, 0.2) is 52.4 Å². The largest absolute Gasteiger partial charge is 0.326 e. The van der Waals surface area contributed by atoms with E-state index in [1.54, 1.807) is 42.5 Å². The van der Waals surface area contributed by atoms with Crippen molar-refractivity contribution in [1.82, 2.24) is 15.2 Å². The number of nitrogens with one attached hydrogen (secondary N) is 3. The van der Waals surface area contributed by atoms with Gasteiger partial charge in [0.1, 0.15) is 0 Å². The van der Waals surface area contributed by atoms with Gasteiger partial charge in [0.2, 0.25) is 11.8 Å². The minimum atomic E-state index is -0.476. The van der Waals surface area contributed by atoms with E-state index in [1.165, 1.54) is 6.92 Å². The van der Waals surface area contributed by atoms with Crippen molar-refractivity contribution in [3.05, 3.63) is 63.4 Å². The number of halogens is 1. The molecule has 3 N–H and O–H groups in total. The van der Waals surface area contributed by atoms with Crippen LogP contribution in [0.1, 0.15) is 12.5 Å². The zero-order chi connectivity index (χ0) is 21.7. The number of hydrogen-bond acceptors (Lipinski definition) is 6. The second-order valence-corrected chi connectivity index (χ2v) is 7.66. The van der Waals surface area contributed by atoms with Crippen LogP contribution >= 0.6 is 23.4 Å². The molecule has 10 heteroatoms. The summed E-state index contributed by atoms with van der Waals surface area (Å²) in [6.07, 6.45) is 0. The number of H-pyrrole nitrogens is 1. The van der Waals surface area contributed by atoms with Crippen LogP contribution in [0, 0.1) is 6.92 Å². The molecular weight excluding hydrogens is 426 g/mol. The maximum atomic E-state index is 12.5. The molecule has 154 valence electrons. The zero-order valence-electron chi connectivity index (χ0n) is 16.2. The van der Waals surface area contributed by atoms with E-state index < -0.39 is 5.56 Å². The first kappa shape index (κ1) is 21.5. The fourth-order valence-corrected chi connectivity index (χ4v) is 3.39. The van der Waals surface area contributed by atoms with Gasteiger partial charge in [0.05, 0.1) is 11.4 Å². The normalized spacial score (nSPS) is 10.5. The molecule has 30 heavy (non-hydrogen) atoms. The average molecular weight is 444 g/mol. The second kappa shape index (κ2) is 9.55. The van der Waals surface area contributed by atoms with Gasteiger partial charge >= 0.3 is 0 Å². The van der Waals surface area contributed by atoms with Crippen molar-refractivity contribution in [1.29, 1.82) is 0 Å². The molecule has 1 aromatic heterocycles. The fraction of sp³-hybridized carbons (Fsp3) is 0.150. The number of anilines is 2. The van der Waals surface area contributed by atoms with Crippen LogP contribution in [0.2, 0.25) is 5.02 Å². The molecule has 0 atom stereocenters. The lowest BCUT2D eigenvalue weighted by molar-refractivity contribution is -0.114. The van der Waals surface area contributed by atoms with Crippen LogP contribution in [-0.2, 0) is 9.59 Å². The number of nitrogens with zero attached hydrogens (tertiary/aromatic N) is 2. The van der Waals surface area contributed by atoms with Crippen LogP contribution < -0.4 is 16.2 Å². The molecule has 0 spiro atoms. The Morgan fingerprint density at radius 2 is 1.80 bits per heavy atom. The van der Waals surface area contributed by atoms with E-state index in [9.17, 15) is 14.4 Å². The maximum Gasteiger partial charge on any atom is 0.278 e. The molecule has 0 saturated carbocycles. The van der Waals surface area contributed by atoms with Gasteiger partial charge in [0, 0.05) is 23.2 Å². The standard InChI is InChI=1S/C20H18ClN5O3S/c1-11-14(21)7-5-9-15(11)23-17(28)10-30-20-24-19(29)18(25-26-20)13-6-3-4-8-16(13)22-12(2)27/h3-9H,10H2,1-2H3,(H,22,27)(H,23,28)(H,24,26,29). The summed E-state index contributed by atoms with van der Waals surface area (Å²) in [7, 11) is 0. The average Bonchev–Trinajstić information content (AvgIpc) is 2.70. The summed E-state index contributed by atoms with van der Waals surface area (Å²) in [6, 6.07) is 12.0. The molecule has 0 bridgehead atoms. The topological polar surface area (TPSA) is 117 Å². The molecule has 2 aromatic carbocycles. The molecule has 0 saturated heterocycles. The van der Waals surface area contributed by atoms with E-state index >= 15 is 0 Å². The second-order valence-electron chi connectivity index (χ2n) is 6.28. The van der Waals surface area contributed by atoms with Crippen LogP contribution in [-0.4, -0.2) is 32.7 Å². The number of carbonyl (C=O) groups is 2. The summed E-state index contributed by atoms with van der Waals surface area (Å²) in [5, 5.41) is 14.2. The lowest BCUT2D eigenvalue weighted by atomic mass is 10.1. The highest BCUT2D eigenvalue weighted by molar-refractivity contribution is 7.99. The molecule has 0 aliphatic carbocycles. The summed E-state index contributed by atoms with van der Waals surface area (Å²) >= 11 is 7.10. The van der Waals surface area contributed by atoms with E-state index in [4.69, 9.17) is 11.6 Å². The number of carbonyl (C=O) groups excluding carboxylic acids is 2. The smallest absolute Gasteiger partial charge is 0.278 e. The van der Waals surface area contributed by atoms with Crippen molar-refractivity contribution in [3.8, 4) is 11.3 Å². The van der Waals surface area contributed by atoms with Crippen LogP contribution in [0.3, 0.4) is 0 Å². The maximum absolute atomic E-state index is 12.5. The molecule has 0 aliphatic rings. The minimum Gasteiger partial charge on any atom is -0.326 e. The van der Waals surface area contributed by atoms with Crippen LogP contribution in [0.5, 0.6) is 0 Å². The van der Waals surface area contributed by atoms with Crippen molar-refractivity contribution in [3.63, 3.8) is 0 Å². The van der Waals surface area contributed by atoms with Gasteiger partial charge in [-0.15, -0.1) is 10.2 Å². The number of hydrogen-bond donors (Lipinski definition) is 3. The molecule has 1 heterocycles. The van der Waals surface area contributed by atoms with E-state index in [-0.39, 0.29) is 28.4 Å². The Balaban J connectivity index is 1.71. The van der Waals surface area contributed by atoms with E-state index in [0.717, 1.165) is 17.3 Å². The lowest BCUT2D eigenvalue weighted by Crippen LogP contribution is -2.18. The number of amides is 2. The number of thioether (sulfide) groups is 1. The number of aromatic nitrogens is 3. The predicted octanol–water partition coefficient (Wildman–Crippen LogP) is 3.48. The summed E-state index contributed by atoms with van der Waals surface area (Å²) in [6.45, 7) is 3.19. The van der Waals surface area contributed by atoms with Gasteiger partial charge < -0.3 is 10.6 Å². The monoisotopic (exact) mass is 443 g/mol. The predicted molar refractivity (Wildman–Crippen MR) is 118 cm³/mol. The highest BCUT2D eigenvalue weighted by atomic mass is 35.5. The van der Waals surface area contributed by atoms with Gasteiger partial charge in [-0.25, -0.2) is 0 Å². The van der Waals surface area contributed by atoms with Gasteiger partial charge in [0.15, 0.2) is 10.9 Å². The fourth-order valence-electron chi connectivity index (χ4n) is 2.61. The SMILES string of the molecule is CC(=O)Nc1ccccc1-c1nnc(SCC(=O)Nc2cccc(Cl)c2C)[nH]c1=O. The van der Waals surface area contributed by atoms with E-state index in [2.05, 4.69) is 25.8 Å². The van der Waals surface area contributed by atoms with Crippen LogP contribution in [0.4, 0.5) is 11.4 Å². The summed E-state index contributed by atoms with van der Waals surface area (Å²) in [4.78, 5) is 38.7. The summed E-state index contributed by atoms with van der Waals surface area (Å²) in [5.74, 6) is -0.508. The first-order chi connectivity index (χ1) is 14.3. The van der Waals surface area contributed by atoms with Crippen molar-refractivity contribution < 1.29 is 9.59 Å². The Morgan fingerprint density at radius 3 is 2.53 bits per heavy atom. The molecule has 3 rings (SSSR count). The van der Waals surface area contributed by atoms with Crippen molar-refractivity contribution >= 4 is 46.6 Å². The highest BCUT2D eigenvalue weighted by Gasteiger charge is 2.14. The first-order valence-corrected chi connectivity index (χ1v) is 10.2. The minimum absolute atomic E-state index is 0.0262. The van der Waals surface area contributed by atoms with E-state index in [1.807, 2.05) is 6.92 Å². The third kappa shape index (κ3) is 5.25. The molecule has 2 amide bonds. The summed E-state index contributed by atoms with van der Waals surface area (Å²) < 4.78 is 0. The van der Waals surface area contributed by atoms with Gasteiger partial charge in [-0.1, -0.05) is 47.6 Å². The first-order valence-electron chi connectivity index (χ1n) is 8.87. The molecule has 0 radical (unpaired) electrons. The Morgan fingerprint density at radius 1 is 1.07 bits per heavy atom. The highest BCUT2D eigenvalue weighted by Crippen LogP contribution is 2.25. The number of benzene rings is 2. The Bertz CT molecular complexity index is 1170. The lowest BCUT2D eigenvalue weighted by Gasteiger charge is -2.09. The van der Waals surface area contributed by atoms with E-state index in [0.29, 0.717) is 22.0 Å². The molecule has 0 unspecified atom stereocenters. The molecule has 0 fully saturated rings. The number of rotatable bonds is 6. The van der Waals surface area contributed by atoms with Gasteiger partial charge in [-0.3, -0.25) is 19.4 Å². The van der Waals surface area contributed by atoms with Crippen molar-refractivity contribution in [2.24, 2.45) is 0 Å². The van der Waals surface area contributed by atoms with Crippen LogP contribution in [0.25, 0.3) is 11.3 Å².